The van der Waals surface area contributed by atoms with Gasteiger partial charge in [-0.2, -0.15) is 0 Å². The van der Waals surface area contributed by atoms with Crippen LogP contribution in [0, 0.1) is 0 Å². The van der Waals surface area contributed by atoms with Crippen molar-refractivity contribution >= 4 is 17.5 Å². The molecule has 26 heavy (non-hydrogen) atoms. The third-order valence-electron chi connectivity index (χ3n) is 4.52. The summed E-state index contributed by atoms with van der Waals surface area (Å²) >= 11 is 0. The van der Waals surface area contributed by atoms with Crippen LogP contribution in [0.5, 0.6) is 0 Å². The molecule has 1 atom stereocenters. The number of aliphatic imine (C=N–C) groups is 1. The number of guanidine groups is 1. The van der Waals surface area contributed by atoms with Gasteiger partial charge in [0.15, 0.2) is 11.6 Å². The van der Waals surface area contributed by atoms with Crippen molar-refractivity contribution in [2.45, 2.75) is 38.6 Å². The molecular formula is C18H27N7O. The first-order valence-corrected chi connectivity index (χ1v) is 9.25. The van der Waals surface area contributed by atoms with Crippen LogP contribution in [0.2, 0.25) is 0 Å². The molecule has 1 saturated heterocycles. The number of carbonyl (C=O) groups excluding carboxylic acids is 1. The summed E-state index contributed by atoms with van der Waals surface area (Å²) in [5.74, 6) is 1.98. The van der Waals surface area contributed by atoms with Crippen LogP contribution >= 0.6 is 0 Å². The number of nitrogens with one attached hydrogen (secondary N) is 2. The molecule has 140 valence electrons. The molecular weight excluding hydrogens is 330 g/mol. The van der Waals surface area contributed by atoms with E-state index in [0.717, 1.165) is 49.8 Å². The summed E-state index contributed by atoms with van der Waals surface area (Å²) in [7, 11) is 1.85. The normalized spacial score (nSPS) is 18.4. The molecule has 0 radical (unpaired) electrons. The number of fused-ring (bicyclic) bond motifs is 1. The van der Waals surface area contributed by atoms with Crippen molar-refractivity contribution in [2.75, 3.05) is 26.7 Å². The number of nitrogens with zero attached hydrogens (tertiary/aromatic N) is 5. The molecule has 0 spiro atoms. The maximum Gasteiger partial charge on any atom is 0.222 e. The zero-order valence-corrected chi connectivity index (χ0v) is 15.5. The van der Waals surface area contributed by atoms with E-state index in [4.69, 9.17) is 0 Å². The second-order valence-corrected chi connectivity index (χ2v) is 6.56. The lowest BCUT2D eigenvalue weighted by Crippen LogP contribution is -2.51. The fraction of sp³-hybridized carbons (Fsp3) is 0.556. The van der Waals surface area contributed by atoms with Crippen LogP contribution in [0.15, 0.2) is 29.4 Å². The Hall–Kier alpha value is -2.64. The lowest BCUT2D eigenvalue weighted by atomic mass is 10.1. The van der Waals surface area contributed by atoms with Gasteiger partial charge >= 0.3 is 0 Å². The number of piperidine rings is 1. The SMILES string of the molecule is CCNC(=NCCCc1nnc2ccccn12)NC1CCC(=O)N(C)C1. The quantitative estimate of drug-likeness (QED) is 0.454. The zero-order valence-electron chi connectivity index (χ0n) is 15.5. The Morgan fingerprint density at radius 2 is 2.27 bits per heavy atom. The van der Waals surface area contributed by atoms with Crippen LogP contribution in [-0.2, 0) is 11.2 Å². The van der Waals surface area contributed by atoms with E-state index < -0.39 is 0 Å². The highest BCUT2D eigenvalue weighted by Crippen LogP contribution is 2.09. The molecule has 0 saturated carbocycles. The Balaban J connectivity index is 1.51. The number of rotatable bonds is 6. The number of aromatic nitrogens is 3. The molecule has 0 bridgehead atoms. The third-order valence-corrected chi connectivity index (χ3v) is 4.52. The van der Waals surface area contributed by atoms with Crippen molar-refractivity contribution in [3.05, 3.63) is 30.2 Å². The van der Waals surface area contributed by atoms with Crippen molar-refractivity contribution in [1.29, 1.82) is 0 Å². The number of likely N-dealkylation sites (N-methyl/N-ethyl adjacent to an activating group) is 1. The summed E-state index contributed by atoms with van der Waals surface area (Å²) in [6.07, 6.45) is 5.15. The molecule has 2 aromatic heterocycles. The predicted octanol–water partition coefficient (Wildman–Crippen LogP) is 0.838. The van der Waals surface area contributed by atoms with Gasteiger partial charge in [0.2, 0.25) is 5.91 Å². The average Bonchev–Trinajstić information content (AvgIpc) is 3.05. The number of hydrogen-bond acceptors (Lipinski definition) is 4. The molecule has 3 heterocycles. The topological polar surface area (TPSA) is 86.9 Å². The van der Waals surface area contributed by atoms with Crippen molar-refractivity contribution < 1.29 is 4.79 Å². The van der Waals surface area contributed by atoms with Gasteiger partial charge in [0, 0.05) is 51.8 Å². The van der Waals surface area contributed by atoms with Crippen molar-refractivity contribution in [2.24, 2.45) is 4.99 Å². The summed E-state index contributed by atoms with van der Waals surface area (Å²) in [4.78, 5) is 18.1. The second kappa shape index (κ2) is 8.64. The van der Waals surface area contributed by atoms with Crippen LogP contribution < -0.4 is 10.6 Å². The van der Waals surface area contributed by atoms with Gasteiger partial charge in [-0.15, -0.1) is 10.2 Å². The van der Waals surface area contributed by atoms with E-state index >= 15 is 0 Å². The van der Waals surface area contributed by atoms with Gasteiger partial charge < -0.3 is 15.5 Å². The van der Waals surface area contributed by atoms with E-state index in [-0.39, 0.29) is 11.9 Å². The molecule has 0 aliphatic carbocycles. The maximum atomic E-state index is 11.6. The van der Waals surface area contributed by atoms with Crippen LogP contribution in [0.4, 0.5) is 0 Å². The van der Waals surface area contributed by atoms with E-state index in [2.05, 4.69) is 32.7 Å². The first-order valence-electron chi connectivity index (χ1n) is 9.25. The van der Waals surface area contributed by atoms with Crippen LogP contribution in [0.3, 0.4) is 0 Å². The molecule has 2 aromatic rings. The van der Waals surface area contributed by atoms with Crippen LogP contribution in [-0.4, -0.2) is 64.1 Å². The molecule has 1 amide bonds. The fourth-order valence-corrected chi connectivity index (χ4v) is 3.13. The number of aryl methyl sites for hydroxylation is 1. The minimum Gasteiger partial charge on any atom is -0.357 e. The molecule has 8 nitrogen and oxygen atoms in total. The van der Waals surface area contributed by atoms with Crippen molar-refractivity contribution in [1.82, 2.24) is 30.1 Å². The maximum absolute atomic E-state index is 11.6. The summed E-state index contributed by atoms with van der Waals surface area (Å²) in [6, 6.07) is 6.14. The lowest BCUT2D eigenvalue weighted by molar-refractivity contribution is -0.132. The van der Waals surface area contributed by atoms with E-state index in [1.54, 1.807) is 4.90 Å². The molecule has 8 heteroatoms. The summed E-state index contributed by atoms with van der Waals surface area (Å²) < 4.78 is 2.02. The first-order chi connectivity index (χ1) is 12.7. The number of carbonyl (C=O) groups is 1. The monoisotopic (exact) mass is 357 g/mol. The lowest BCUT2D eigenvalue weighted by Gasteiger charge is -2.31. The van der Waals surface area contributed by atoms with Gasteiger partial charge in [-0.25, -0.2) is 0 Å². The molecule has 0 aromatic carbocycles. The van der Waals surface area contributed by atoms with Gasteiger partial charge in [-0.3, -0.25) is 14.2 Å². The average molecular weight is 357 g/mol. The molecule has 2 N–H and O–H groups in total. The molecule has 3 rings (SSSR count). The second-order valence-electron chi connectivity index (χ2n) is 6.56. The van der Waals surface area contributed by atoms with E-state index in [1.165, 1.54) is 0 Å². The Labute approximate surface area is 153 Å². The molecule has 1 aliphatic rings. The zero-order chi connectivity index (χ0) is 18.4. The minimum absolute atomic E-state index is 0.213. The molecule has 1 aliphatic heterocycles. The summed E-state index contributed by atoms with van der Waals surface area (Å²) in [6.45, 7) is 4.28. The highest BCUT2D eigenvalue weighted by Gasteiger charge is 2.23. The highest BCUT2D eigenvalue weighted by molar-refractivity contribution is 5.81. The Bertz CT molecular complexity index is 770. The van der Waals surface area contributed by atoms with Crippen LogP contribution in [0.25, 0.3) is 5.65 Å². The Morgan fingerprint density at radius 1 is 1.38 bits per heavy atom. The van der Waals surface area contributed by atoms with E-state index in [0.29, 0.717) is 13.0 Å². The number of likely N-dealkylation sites (tertiary alicyclic amines) is 1. The standard InChI is InChI=1S/C18H27N7O/c1-3-19-18(21-14-9-10-17(26)24(2)13-14)20-11-6-8-16-23-22-15-7-4-5-12-25(15)16/h4-5,7,12,14H,3,6,8-11,13H2,1-2H3,(H2,19,20,21). The van der Waals surface area contributed by atoms with Gasteiger partial charge in [0.1, 0.15) is 5.82 Å². The molecule has 1 unspecified atom stereocenters. The minimum atomic E-state index is 0.213. The highest BCUT2D eigenvalue weighted by atomic mass is 16.2. The molecule has 1 fully saturated rings. The smallest absolute Gasteiger partial charge is 0.222 e. The fourth-order valence-electron chi connectivity index (χ4n) is 3.13. The van der Waals surface area contributed by atoms with Gasteiger partial charge in [-0.05, 0) is 31.9 Å². The predicted molar refractivity (Wildman–Crippen MR) is 101 cm³/mol. The van der Waals surface area contributed by atoms with Crippen molar-refractivity contribution in [3.8, 4) is 0 Å². The summed E-state index contributed by atoms with van der Waals surface area (Å²) in [5.41, 5.74) is 0.872. The largest absolute Gasteiger partial charge is 0.357 e. The number of pyridine rings is 1. The van der Waals surface area contributed by atoms with Crippen molar-refractivity contribution in [3.63, 3.8) is 0 Å². The Kier molecular flexibility index (Phi) is 6.04. The number of amides is 1. The van der Waals surface area contributed by atoms with Gasteiger partial charge in [0.25, 0.3) is 0 Å². The van der Waals surface area contributed by atoms with E-state index in [9.17, 15) is 4.79 Å². The van der Waals surface area contributed by atoms with Gasteiger partial charge in [-0.1, -0.05) is 6.07 Å². The number of hydrogen-bond donors (Lipinski definition) is 2. The first kappa shape index (κ1) is 18.2. The van der Waals surface area contributed by atoms with Crippen LogP contribution in [0.1, 0.15) is 32.0 Å². The van der Waals surface area contributed by atoms with Gasteiger partial charge in [0.05, 0.1) is 0 Å². The van der Waals surface area contributed by atoms with E-state index in [1.807, 2.05) is 35.8 Å². The Morgan fingerprint density at radius 3 is 3.08 bits per heavy atom. The third kappa shape index (κ3) is 4.50. The summed E-state index contributed by atoms with van der Waals surface area (Å²) in [5, 5.41) is 15.2.